The molecule has 0 spiro atoms. The third-order valence-electron chi connectivity index (χ3n) is 3.35. The summed E-state index contributed by atoms with van der Waals surface area (Å²) >= 11 is 0. The second kappa shape index (κ2) is 5.87. The average Bonchev–Trinajstić information content (AvgIpc) is 2.33. The molecule has 0 saturated carbocycles. The summed E-state index contributed by atoms with van der Waals surface area (Å²) in [5.74, 6) is -1.03. The molecule has 1 atom stereocenters. The van der Waals surface area contributed by atoms with Gasteiger partial charge >= 0.3 is 0 Å². The fourth-order valence-electron chi connectivity index (χ4n) is 2.23. The largest absolute Gasteiger partial charge is 0.397 e. The Kier molecular flexibility index (Phi) is 4.67. The molecule has 1 saturated heterocycles. The Morgan fingerprint density at radius 3 is 2.60 bits per heavy atom. The first-order valence-electron chi connectivity index (χ1n) is 6.07. The monoisotopic (exact) mass is 284 g/mol. The predicted octanol–water partition coefficient (Wildman–Crippen LogP) is 1.59. The fraction of sp³-hybridized carbons (Fsp3) is 0.385. The number of likely N-dealkylation sites (tertiary alicyclic amines) is 1. The van der Waals surface area contributed by atoms with E-state index >= 15 is 0 Å². The number of ketones is 1. The van der Waals surface area contributed by atoms with Crippen LogP contribution in [-0.4, -0.2) is 29.2 Å². The number of anilines is 2. The highest BCUT2D eigenvalue weighted by molar-refractivity contribution is 5.97. The second-order valence-corrected chi connectivity index (χ2v) is 4.80. The van der Waals surface area contributed by atoms with Crippen molar-refractivity contribution in [3.05, 3.63) is 23.5 Å². The lowest BCUT2D eigenvalue weighted by atomic mass is 10.0. The van der Waals surface area contributed by atoms with Gasteiger partial charge in [0.2, 0.25) is 0 Å². The number of hydrogen-bond donors (Lipinski definition) is 3. The standard InChI is InChI=1S/C13H16FN3O2.H3N.H2/c1-7-4-8(18)2-3-17(7)13(19)9-5-11(15)12(16)6-10(9)14;;/h5-7H,2-4,15-16H2,1H3;1H3;1H/t7-;;/m1../s1. The molecule has 112 valence electrons. The van der Waals surface area contributed by atoms with Crippen LogP contribution in [0.15, 0.2) is 12.1 Å². The molecule has 7 N–H and O–H groups in total. The summed E-state index contributed by atoms with van der Waals surface area (Å²) in [7, 11) is 0. The normalized spacial score (nSPS) is 18.6. The van der Waals surface area contributed by atoms with Gasteiger partial charge in [-0.1, -0.05) is 0 Å². The highest BCUT2D eigenvalue weighted by Crippen LogP contribution is 2.23. The summed E-state index contributed by atoms with van der Waals surface area (Å²) in [4.78, 5) is 25.1. The highest BCUT2D eigenvalue weighted by atomic mass is 19.1. The molecule has 0 unspecified atom stereocenters. The first-order chi connectivity index (χ1) is 8.90. The molecule has 0 aliphatic carbocycles. The van der Waals surface area contributed by atoms with Crippen molar-refractivity contribution in [2.75, 3.05) is 18.0 Å². The van der Waals surface area contributed by atoms with Crippen molar-refractivity contribution < 1.29 is 15.4 Å². The molecule has 20 heavy (non-hydrogen) atoms. The van der Waals surface area contributed by atoms with Crippen LogP contribution in [0.3, 0.4) is 0 Å². The fourth-order valence-corrected chi connectivity index (χ4v) is 2.23. The van der Waals surface area contributed by atoms with Crippen LogP contribution in [0.1, 0.15) is 31.6 Å². The van der Waals surface area contributed by atoms with Crippen LogP contribution in [0.4, 0.5) is 15.8 Å². The van der Waals surface area contributed by atoms with E-state index in [1.165, 1.54) is 11.0 Å². The summed E-state index contributed by atoms with van der Waals surface area (Å²) in [6, 6.07) is 2.06. The number of halogens is 1. The van der Waals surface area contributed by atoms with Gasteiger partial charge in [0.25, 0.3) is 5.91 Å². The Hall–Kier alpha value is -2.15. The predicted molar refractivity (Wildman–Crippen MR) is 77.1 cm³/mol. The van der Waals surface area contributed by atoms with Gasteiger partial charge in [-0.05, 0) is 19.1 Å². The number of hydrogen-bond acceptors (Lipinski definition) is 5. The Morgan fingerprint density at radius 2 is 2.00 bits per heavy atom. The van der Waals surface area contributed by atoms with Crippen molar-refractivity contribution in [2.45, 2.75) is 25.8 Å². The lowest BCUT2D eigenvalue weighted by Gasteiger charge is -2.32. The van der Waals surface area contributed by atoms with E-state index in [1.54, 1.807) is 6.92 Å². The molecule has 0 bridgehead atoms. The Morgan fingerprint density at radius 1 is 1.40 bits per heavy atom. The first-order valence-corrected chi connectivity index (χ1v) is 6.07. The van der Waals surface area contributed by atoms with Gasteiger partial charge in [-0.25, -0.2) is 4.39 Å². The van der Waals surface area contributed by atoms with Gasteiger partial charge < -0.3 is 22.5 Å². The van der Waals surface area contributed by atoms with E-state index in [0.29, 0.717) is 19.4 Å². The van der Waals surface area contributed by atoms with Gasteiger partial charge in [-0.15, -0.1) is 0 Å². The van der Waals surface area contributed by atoms with Crippen molar-refractivity contribution in [3.8, 4) is 0 Å². The van der Waals surface area contributed by atoms with Crippen LogP contribution in [0.2, 0.25) is 0 Å². The highest BCUT2D eigenvalue weighted by Gasteiger charge is 2.29. The van der Waals surface area contributed by atoms with Gasteiger partial charge in [0, 0.05) is 26.9 Å². The summed E-state index contributed by atoms with van der Waals surface area (Å²) in [5, 5.41) is 0. The number of rotatable bonds is 1. The van der Waals surface area contributed by atoms with Gasteiger partial charge in [-0.2, -0.15) is 0 Å². The van der Waals surface area contributed by atoms with E-state index < -0.39 is 11.7 Å². The van der Waals surface area contributed by atoms with E-state index in [1.807, 2.05) is 0 Å². The SMILES string of the molecule is C[C@@H]1CC(=O)CCN1C(=O)c1cc(N)c(N)cc1F.N.[HH]. The minimum atomic E-state index is -0.694. The summed E-state index contributed by atoms with van der Waals surface area (Å²) in [5.41, 5.74) is 11.3. The maximum atomic E-state index is 13.8. The van der Waals surface area contributed by atoms with Crippen LogP contribution in [0.5, 0.6) is 0 Å². The van der Waals surface area contributed by atoms with E-state index in [2.05, 4.69) is 0 Å². The van der Waals surface area contributed by atoms with Crippen LogP contribution in [-0.2, 0) is 4.79 Å². The molecule has 0 aromatic heterocycles. The molecule has 6 nitrogen and oxygen atoms in total. The third kappa shape index (κ3) is 2.88. The zero-order valence-corrected chi connectivity index (χ0v) is 11.4. The van der Waals surface area contributed by atoms with Gasteiger partial charge in [0.05, 0.1) is 16.9 Å². The Bertz CT molecular complexity index is 553. The minimum absolute atomic E-state index is 0. The van der Waals surface area contributed by atoms with Crippen LogP contribution >= 0.6 is 0 Å². The van der Waals surface area contributed by atoms with Crippen LogP contribution in [0, 0.1) is 5.82 Å². The lowest BCUT2D eigenvalue weighted by molar-refractivity contribution is -0.122. The van der Waals surface area contributed by atoms with Crippen molar-refractivity contribution in [3.63, 3.8) is 0 Å². The summed E-state index contributed by atoms with van der Waals surface area (Å²) < 4.78 is 13.8. The van der Waals surface area contributed by atoms with Gasteiger partial charge in [0.1, 0.15) is 11.6 Å². The van der Waals surface area contributed by atoms with Crippen molar-refractivity contribution in [2.24, 2.45) is 0 Å². The van der Waals surface area contributed by atoms with E-state index in [4.69, 9.17) is 11.5 Å². The molecule has 1 amide bonds. The van der Waals surface area contributed by atoms with Crippen LogP contribution in [0.25, 0.3) is 0 Å². The lowest BCUT2D eigenvalue weighted by Crippen LogP contribution is -2.45. The third-order valence-corrected chi connectivity index (χ3v) is 3.35. The topological polar surface area (TPSA) is 124 Å². The van der Waals surface area contributed by atoms with Gasteiger partial charge in [0.15, 0.2) is 0 Å². The molecule has 1 aliphatic heterocycles. The molecule has 1 aromatic carbocycles. The molecule has 1 aromatic rings. The summed E-state index contributed by atoms with van der Waals surface area (Å²) in [6.07, 6.45) is 0.611. The Labute approximate surface area is 118 Å². The molecule has 0 radical (unpaired) electrons. The number of benzene rings is 1. The zero-order valence-electron chi connectivity index (χ0n) is 11.4. The number of nitrogen functional groups attached to an aromatic ring is 2. The summed E-state index contributed by atoms with van der Waals surface area (Å²) in [6.45, 7) is 2.08. The van der Waals surface area contributed by atoms with Gasteiger partial charge in [-0.3, -0.25) is 9.59 Å². The van der Waals surface area contributed by atoms with Crippen molar-refractivity contribution in [1.82, 2.24) is 11.1 Å². The molecule has 7 heteroatoms. The number of carbonyl (C=O) groups excluding carboxylic acids is 2. The second-order valence-electron chi connectivity index (χ2n) is 4.80. The molecular weight excluding hydrogens is 263 g/mol. The number of nitrogens with two attached hydrogens (primary N) is 2. The van der Waals surface area contributed by atoms with Crippen molar-refractivity contribution in [1.29, 1.82) is 0 Å². The smallest absolute Gasteiger partial charge is 0.257 e. The maximum absolute atomic E-state index is 13.8. The molecule has 2 rings (SSSR count). The molecule has 1 heterocycles. The molecule has 1 aliphatic rings. The number of Topliss-reactive ketones (excluding diaryl/α,β-unsaturated/α-hetero) is 1. The average molecular weight is 284 g/mol. The molecular formula is C13H21FN4O2. The van der Waals surface area contributed by atoms with E-state index in [9.17, 15) is 14.0 Å². The quantitative estimate of drug-likeness (QED) is 0.675. The first kappa shape index (κ1) is 15.9. The number of nitrogens with zero attached hydrogens (tertiary/aromatic N) is 1. The minimum Gasteiger partial charge on any atom is -0.397 e. The van der Waals surface area contributed by atoms with E-state index in [0.717, 1.165) is 6.07 Å². The number of carbonyl (C=O) groups is 2. The Balaban J connectivity index is 0.00000200. The van der Waals surface area contributed by atoms with Crippen LogP contribution < -0.4 is 17.6 Å². The van der Waals surface area contributed by atoms with E-state index in [-0.39, 0.29) is 36.3 Å². The number of piperidine rings is 1. The maximum Gasteiger partial charge on any atom is 0.257 e. The van der Waals surface area contributed by atoms with Crippen molar-refractivity contribution >= 4 is 23.1 Å². The zero-order chi connectivity index (χ0) is 14.2. The molecule has 1 fully saturated rings. The number of amides is 1.